The number of anilines is 2. The maximum Gasteiger partial charge on any atom is 0.272 e. The lowest BCUT2D eigenvalue weighted by molar-refractivity contribution is 0.335. The minimum Gasteiger partial charge on any atom is -0.488 e. The van der Waals surface area contributed by atoms with Gasteiger partial charge in [-0.15, -0.1) is 0 Å². The van der Waals surface area contributed by atoms with E-state index in [9.17, 15) is 9.59 Å². The van der Waals surface area contributed by atoms with Crippen LogP contribution in [0.3, 0.4) is 0 Å². The largest absolute Gasteiger partial charge is 0.488 e. The summed E-state index contributed by atoms with van der Waals surface area (Å²) in [4.78, 5) is 23.0. The minimum atomic E-state index is -0.565. The second kappa shape index (κ2) is 5.85. The molecule has 0 saturated heterocycles. The number of ether oxygens (including phenoxy) is 1. The van der Waals surface area contributed by atoms with E-state index in [4.69, 9.17) is 4.74 Å². The van der Waals surface area contributed by atoms with Gasteiger partial charge in [-0.3, -0.25) is 9.59 Å². The number of hydrogen-bond donors (Lipinski definition) is 1. The smallest absolute Gasteiger partial charge is 0.272 e. The molecule has 110 valence electrons. The predicted octanol–water partition coefficient (Wildman–Crippen LogP) is 3.09. The summed E-state index contributed by atoms with van der Waals surface area (Å²) in [5.41, 5.74) is 2.09. The molecule has 0 radical (unpaired) electrons. The maximum atomic E-state index is 11.6. The first-order chi connectivity index (χ1) is 10.7. The average Bonchev–Trinajstić information content (AvgIpc) is 2.59. The SMILES string of the molecule is CCOc1c(Nc2ccc(-c3ccccc3)cc2)c(=O)c1=O. The van der Waals surface area contributed by atoms with Crippen LogP contribution >= 0.6 is 0 Å². The Morgan fingerprint density at radius 3 is 2.14 bits per heavy atom. The Hall–Kier alpha value is -2.88. The molecule has 1 N–H and O–H groups in total. The second-order valence-electron chi connectivity index (χ2n) is 4.86. The predicted molar refractivity (Wildman–Crippen MR) is 87.7 cm³/mol. The van der Waals surface area contributed by atoms with Crippen molar-refractivity contribution in [1.82, 2.24) is 0 Å². The Morgan fingerprint density at radius 2 is 1.50 bits per heavy atom. The summed E-state index contributed by atoms with van der Waals surface area (Å²) in [6.07, 6.45) is 0. The van der Waals surface area contributed by atoms with E-state index in [1.165, 1.54) is 0 Å². The van der Waals surface area contributed by atoms with Crippen LogP contribution in [-0.2, 0) is 0 Å². The van der Waals surface area contributed by atoms with Gasteiger partial charge in [0.2, 0.25) is 0 Å². The zero-order chi connectivity index (χ0) is 15.5. The van der Waals surface area contributed by atoms with Gasteiger partial charge in [-0.1, -0.05) is 42.5 Å². The monoisotopic (exact) mass is 293 g/mol. The van der Waals surface area contributed by atoms with Gasteiger partial charge in [-0.05, 0) is 30.2 Å². The molecule has 22 heavy (non-hydrogen) atoms. The number of hydrogen-bond acceptors (Lipinski definition) is 4. The Bertz CT molecular complexity index is 844. The quantitative estimate of drug-likeness (QED) is 0.734. The summed E-state index contributed by atoms with van der Waals surface area (Å²) in [6, 6.07) is 17.7. The van der Waals surface area contributed by atoms with Crippen LogP contribution in [0.2, 0.25) is 0 Å². The third-order valence-corrected chi connectivity index (χ3v) is 3.42. The van der Waals surface area contributed by atoms with Crippen molar-refractivity contribution in [3.63, 3.8) is 0 Å². The van der Waals surface area contributed by atoms with Gasteiger partial charge in [0.15, 0.2) is 5.75 Å². The van der Waals surface area contributed by atoms with E-state index in [0.717, 1.165) is 16.8 Å². The van der Waals surface area contributed by atoms with Gasteiger partial charge in [0.1, 0.15) is 5.69 Å². The molecule has 0 aliphatic heterocycles. The lowest BCUT2D eigenvalue weighted by atomic mass is 10.1. The molecule has 0 spiro atoms. The molecular weight excluding hydrogens is 278 g/mol. The van der Waals surface area contributed by atoms with Gasteiger partial charge in [0.05, 0.1) is 6.61 Å². The fourth-order valence-electron chi connectivity index (χ4n) is 2.29. The van der Waals surface area contributed by atoms with Crippen LogP contribution in [0.25, 0.3) is 11.1 Å². The standard InChI is InChI=1S/C18H15NO3/c1-2-22-18-15(16(20)17(18)21)19-14-10-8-13(9-11-14)12-6-4-3-5-7-12/h3-11,19H,2H2,1H3. The van der Waals surface area contributed by atoms with Gasteiger partial charge < -0.3 is 10.1 Å². The molecule has 4 nitrogen and oxygen atoms in total. The molecule has 0 saturated carbocycles. The average molecular weight is 293 g/mol. The first-order valence-corrected chi connectivity index (χ1v) is 7.09. The molecule has 3 aromatic rings. The van der Waals surface area contributed by atoms with E-state index in [1.54, 1.807) is 6.92 Å². The lowest BCUT2D eigenvalue weighted by Gasteiger charge is -2.13. The van der Waals surface area contributed by atoms with Crippen molar-refractivity contribution in [1.29, 1.82) is 0 Å². The van der Waals surface area contributed by atoms with Crippen LogP contribution in [0.4, 0.5) is 11.4 Å². The molecule has 0 aromatic heterocycles. The molecule has 3 aromatic carbocycles. The van der Waals surface area contributed by atoms with Crippen LogP contribution in [0.15, 0.2) is 64.2 Å². The summed E-state index contributed by atoms with van der Waals surface area (Å²) >= 11 is 0. The highest BCUT2D eigenvalue weighted by Gasteiger charge is 2.22. The van der Waals surface area contributed by atoms with E-state index in [1.807, 2.05) is 54.6 Å². The third kappa shape index (κ3) is 2.51. The molecular formula is C18H15NO3. The Labute approximate surface area is 127 Å². The first kappa shape index (κ1) is 14.1. The molecule has 0 atom stereocenters. The van der Waals surface area contributed by atoms with Crippen molar-refractivity contribution in [2.75, 3.05) is 11.9 Å². The molecule has 4 heteroatoms. The van der Waals surface area contributed by atoms with E-state index in [-0.39, 0.29) is 11.4 Å². The molecule has 0 amide bonds. The first-order valence-electron chi connectivity index (χ1n) is 7.09. The van der Waals surface area contributed by atoms with Gasteiger partial charge in [-0.25, -0.2) is 0 Å². The Balaban J connectivity index is 1.82. The van der Waals surface area contributed by atoms with Crippen LogP contribution in [0.1, 0.15) is 6.92 Å². The Kier molecular flexibility index (Phi) is 3.74. The summed E-state index contributed by atoms with van der Waals surface area (Å²) in [6.45, 7) is 2.13. The highest BCUT2D eigenvalue weighted by atomic mass is 16.5. The number of rotatable bonds is 5. The summed E-state index contributed by atoms with van der Waals surface area (Å²) in [5, 5.41) is 2.96. The molecule has 0 fully saturated rings. The minimum absolute atomic E-state index is 0.125. The van der Waals surface area contributed by atoms with Crippen LogP contribution in [-0.4, -0.2) is 6.61 Å². The maximum absolute atomic E-state index is 11.6. The normalized spacial score (nSPS) is 10.6. The fourth-order valence-corrected chi connectivity index (χ4v) is 2.29. The Morgan fingerprint density at radius 1 is 0.864 bits per heavy atom. The highest BCUT2D eigenvalue weighted by Crippen LogP contribution is 2.25. The van der Waals surface area contributed by atoms with Crippen LogP contribution < -0.4 is 20.9 Å². The number of nitrogens with one attached hydrogen (secondary N) is 1. The van der Waals surface area contributed by atoms with Crippen molar-refractivity contribution in [3.8, 4) is 16.9 Å². The van der Waals surface area contributed by atoms with Crippen molar-refractivity contribution in [3.05, 3.63) is 75.0 Å². The van der Waals surface area contributed by atoms with Crippen molar-refractivity contribution >= 4 is 11.4 Å². The van der Waals surface area contributed by atoms with Gasteiger partial charge in [-0.2, -0.15) is 0 Å². The second-order valence-corrected chi connectivity index (χ2v) is 4.86. The number of benzene rings is 2. The summed E-state index contributed by atoms with van der Waals surface area (Å²) in [7, 11) is 0. The van der Waals surface area contributed by atoms with Crippen molar-refractivity contribution in [2.45, 2.75) is 6.92 Å². The highest BCUT2D eigenvalue weighted by molar-refractivity contribution is 5.72. The molecule has 0 bridgehead atoms. The van der Waals surface area contributed by atoms with E-state index >= 15 is 0 Å². The third-order valence-electron chi connectivity index (χ3n) is 3.42. The molecule has 3 rings (SSSR count). The van der Waals surface area contributed by atoms with E-state index < -0.39 is 10.9 Å². The zero-order valence-electron chi connectivity index (χ0n) is 12.1. The summed E-state index contributed by atoms with van der Waals surface area (Å²) in [5.74, 6) is 0.125. The van der Waals surface area contributed by atoms with E-state index in [0.29, 0.717) is 6.61 Å². The van der Waals surface area contributed by atoms with Crippen molar-refractivity contribution in [2.24, 2.45) is 0 Å². The van der Waals surface area contributed by atoms with Crippen LogP contribution in [0, 0.1) is 0 Å². The zero-order valence-corrected chi connectivity index (χ0v) is 12.1. The molecule has 0 heterocycles. The molecule has 0 unspecified atom stereocenters. The van der Waals surface area contributed by atoms with Gasteiger partial charge in [0, 0.05) is 5.69 Å². The van der Waals surface area contributed by atoms with Gasteiger partial charge >= 0.3 is 0 Å². The lowest BCUT2D eigenvalue weighted by Crippen LogP contribution is -2.35. The topological polar surface area (TPSA) is 55.4 Å². The van der Waals surface area contributed by atoms with Crippen molar-refractivity contribution < 1.29 is 4.74 Å². The molecule has 0 aliphatic rings. The van der Waals surface area contributed by atoms with Gasteiger partial charge in [0.25, 0.3) is 10.9 Å². The summed E-state index contributed by atoms with van der Waals surface area (Å²) < 4.78 is 5.19. The van der Waals surface area contributed by atoms with Crippen LogP contribution in [0.5, 0.6) is 5.75 Å². The fraction of sp³-hybridized carbons (Fsp3) is 0.111. The van der Waals surface area contributed by atoms with E-state index in [2.05, 4.69) is 5.32 Å². The molecule has 0 aliphatic carbocycles.